The number of sulfonamides is 1. The molecule has 1 amide bonds. The molecule has 1 aromatic carbocycles. The first-order valence-corrected chi connectivity index (χ1v) is 13.3. The zero-order valence-corrected chi connectivity index (χ0v) is 21.1. The fraction of sp³-hybridized carbons (Fsp3) is 0.480. The number of ether oxygens (including phenoxy) is 1. The highest BCUT2D eigenvalue weighted by Gasteiger charge is 2.38. The van der Waals surface area contributed by atoms with E-state index in [0.717, 1.165) is 24.8 Å². The number of rotatable bonds is 6. The van der Waals surface area contributed by atoms with E-state index in [9.17, 15) is 18.3 Å². The number of amides is 1. The quantitative estimate of drug-likeness (QED) is 0.649. The summed E-state index contributed by atoms with van der Waals surface area (Å²) in [5.74, 6) is -0.296. The van der Waals surface area contributed by atoms with Crippen LogP contribution in [0, 0.1) is 5.92 Å². The van der Waals surface area contributed by atoms with Gasteiger partial charge in [0, 0.05) is 37.9 Å². The zero-order chi connectivity index (χ0) is 25.2. The summed E-state index contributed by atoms with van der Waals surface area (Å²) in [5, 5.41) is 9.80. The van der Waals surface area contributed by atoms with Gasteiger partial charge in [-0.3, -0.25) is 9.78 Å². The summed E-state index contributed by atoms with van der Waals surface area (Å²) in [6, 6.07) is 4.60. The summed E-state index contributed by atoms with van der Waals surface area (Å²) in [4.78, 5) is 22.5. The number of hydrogen-bond acceptors (Lipinski definition) is 7. The second kappa shape index (κ2) is 10.4. The van der Waals surface area contributed by atoms with Gasteiger partial charge in [0.25, 0.3) is 5.91 Å². The maximum Gasteiger partial charge on any atom is 0.273 e. The maximum atomic E-state index is 13.6. The average molecular weight is 501 g/mol. The molecule has 3 atom stereocenters. The van der Waals surface area contributed by atoms with Gasteiger partial charge in [0.1, 0.15) is 22.4 Å². The standard InChI is InChI=1S/C25H32N4O5S/c1-17-14-29(18(2)16-30)35(32,33)24-9-8-20(19-6-4-5-7-19)12-22(24)34-23(17)15-28(3)25(31)21-13-26-10-11-27-21/h6,8-13,17-18,23,30H,4-5,7,14-16H2,1-3H3/t17-,18+,23-/m0/s1. The van der Waals surface area contributed by atoms with Crippen molar-refractivity contribution < 1.29 is 23.1 Å². The molecule has 1 aliphatic carbocycles. The van der Waals surface area contributed by atoms with Crippen molar-refractivity contribution in [2.45, 2.75) is 50.2 Å². The van der Waals surface area contributed by atoms with Crippen molar-refractivity contribution in [1.82, 2.24) is 19.2 Å². The maximum absolute atomic E-state index is 13.6. The Morgan fingerprint density at radius 3 is 2.80 bits per heavy atom. The normalized spacial score (nSPS) is 22.8. The lowest BCUT2D eigenvalue weighted by Crippen LogP contribution is -2.50. The van der Waals surface area contributed by atoms with Crippen LogP contribution >= 0.6 is 0 Å². The van der Waals surface area contributed by atoms with E-state index in [1.165, 1.54) is 33.4 Å². The Hall–Kier alpha value is -2.82. The average Bonchev–Trinajstić information content (AvgIpc) is 3.40. The molecule has 0 bridgehead atoms. The van der Waals surface area contributed by atoms with E-state index in [1.807, 2.05) is 13.0 Å². The third-order valence-electron chi connectivity index (χ3n) is 6.66. The molecular weight excluding hydrogens is 468 g/mol. The summed E-state index contributed by atoms with van der Waals surface area (Å²) in [7, 11) is -2.24. The van der Waals surface area contributed by atoms with Crippen LogP contribution in [0.5, 0.6) is 5.75 Å². The predicted octanol–water partition coefficient (Wildman–Crippen LogP) is 2.58. The first-order chi connectivity index (χ1) is 16.7. The third-order valence-corrected chi connectivity index (χ3v) is 8.68. The number of nitrogens with zero attached hydrogens (tertiary/aromatic N) is 4. The second-order valence-corrected chi connectivity index (χ2v) is 11.2. The molecule has 2 aliphatic rings. The van der Waals surface area contributed by atoms with E-state index < -0.39 is 22.2 Å². The Morgan fingerprint density at radius 1 is 1.34 bits per heavy atom. The Balaban J connectivity index is 1.72. The molecule has 1 aromatic heterocycles. The number of likely N-dealkylation sites (N-methyl/N-ethyl adjacent to an activating group) is 1. The van der Waals surface area contributed by atoms with Crippen LogP contribution in [-0.4, -0.2) is 77.5 Å². The second-order valence-electron chi connectivity index (χ2n) is 9.30. The first kappa shape index (κ1) is 25.3. The highest BCUT2D eigenvalue weighted by Crippen LogP contribution is 2.37. The fourth-order valence-corrected chi connectivity index (χ4v) is 6.36. The number of benzene rings is 1. The lowest BCUT2D eigenvalue weighted by Gasteiger charge is -2.37. The molecule has 1 N–H and O–H groups in total. The van der Waals surface area contributed by atoms with Gasteiger partial charge >= 0.3 is 0 Å². The van der Waals surface area contributed by atoms with Crippen LogP contribution in [0.25, 0.3) is 5.57 Å². The van der Waals surface area contributed by atoms with Crippen LogP contribution in [0.1, 0.15) is 49.2 Å². The number of carbonyl (C=O) groups is 1. The highest BCUT2D eigenvalue weighted by molar-refractivity contribution is 7.89. The topological polar surface area (TPSA) is 113 Å². The SMILES string of the molecule is C[C@H](CO)N1C[C@H](C)[C@H](CN(C)C(=O)c2cnccn2)Oc2cc(C3=CCCC3)ccc2S1(=O)=O. The number of fused-ring (bicyclic) bond motifs is 1. The van der Waals surface area contributed by atoms with Gasteiger partial charge in [0.15, 0.2) is 0 Å². The van der Waals surface area contributed by atoms with Crippen LogP contribution in [0.15, 0.2) is 47.8 Å². The molecule has 0 spiro atoms. The van der Waals surface area contributed by atoms with Crippen molar-refractivity contribution in [1.29, 1.82) is 0 Å². The smallest absolute Gasteiger partial charge is 0.273 e. The summed E-state index contributed by atoms with van der Waals surface area (Å²) >= 11 is 0. The summed E-state index contributed by atoms with van der Waals surface area (Å²) in [6.07, 6.45) is 9.07. The van der Waals surface area contributed by atoms with Gasteiger partial charge in [-0.25, -0.2) is 13.4 Å². The van der Waals surface area contributed by atoms with Crippen molar-refractivity contribution in [2.75, 3.05) is 26.7 Å². The van der Waals surface area contributed by atoms with Gasteiger partial charge < -0.3 is 14.7 Å². The lowest BCUT2D eigenvalue weighted by molar-refractivity contribution is 0.0559. The lowest BCUT2D eigenvalue weighted by atomic mass is 10.0. The Kier molecular flexibility index (Phi) is 7.53. The first-order valence-electron chi connectivity index (χ1n) is 11.9. The largest absolute Gasteiger partial charge is 0.487 e. The molecule has 0 fully saturated rings. The zero-order valence-electron chi connectivity index (χ0n) is 20.3. The molecule has 0 saturated heterocycles. The van der Waals surface area contributed by atoms with Gasteiger partial charge in [0.2, 0.25) is 10.0 Å². The molecule has 35 heavy (non-hydrogen) atoms. The molecule has 4 rings (SSSR count). The van der Waals surface area contributed by atoms with Crippen LogP contribution in [0.2, 0.25) is 0 Å². The monoisotopic (exact) mass is 500 g/mol. The Bertz CT molecular complexity index is 1200. The van der Waals surface area contributed by atoms with Crippen LogP contribution < -0.4 is 4.74 Å². The Labute approximate surface area is 206 Å². The van der Waals surface area contributed by atoms with Crippen molar-refractivity contribution in [3.05, 3.63) is 54.1 Å². The molecule has 2 aromatic rings. The van der Waals surface area contributed by atoms with E-state index in [1.54, 1.807) is 26.1 Å². The molecule has 1 aliphatic heterocycles. The number of aliphatic hydroxyl groups is 1. The van der Waals surface area contributed by atoms with Crippen molar-refractivity contribution in [3.8, 4) is 5.75 Å². The number of hydrogen-bond donors (Lipinski definition) is 1. The third kappa shape index (κ3) is 5.24. The summed E-state index contributed by atoms with van der Waals surface area (Å²) in [5.41, 5.74) is 2.34. The van der Waals surface area contributed by atoms with Gasteiger partial charge in [0.05, 0.1) is 19.3 Å². The van der Waals surface area contributed by atoms with E-state index in [-0.39, 0.29) is 47.9 Å². The van der Waals surface area contributed by atoms with Crippen LogP contribution in [0.3, 0.4) is 0 Å². The molecular formula is C25H32N4O5S. The van der Waals surface area contributed by atoms with E-state index in [4.69, 9.17) is 4.74 Å². The predicted molar refractivity (Wildman–Crippen MR) is 131 cm³/mol. The summed E-state index contributed by atoms with van der Waals surface area (Å²) in [6.45, 7) is 3.65. The minimum Gasteiger partial charge on any atom is -0.487 e. The number of aromatic nitrogens is 2. The van der Waals surface area contributed by atoms with E-state index >= 15 is 0 Å². The molecule has 0 unspecified atom stereocenters. The van der Waals surface area contributed by atoms with Crippen molar-refractivity contribution in [3.63, 3.8) is 0 Å². The highest BCUT2D eigenvalue weighted by atomic mass is 32.2. The van der Waals surface area contributed by atoms with Crippen molar-refractivity contribution in [2.24, 2.45) is 5.92 Å². The fourth-order valence-electron chi connectivity index (χ4n) is 4.53. The summed E-state index contributed by atoms with van der Waals surface area (Å²) < 4.78 is 35.0. The molecule has 0 saturated carbocycles. The number of aliphatic hydroxyl groups excluding tert-OH is 1. The van der Waals surface area contributed by atoms with E-state index in [2.05, 4.69) is 16.0 Å². The van der Waals surface area contributed by atoms with Gasteiger partial charge in [-0.15, -0.1) is 0 Å². The van der Waals surface area contributed by atoms with Gasteiger partial charge in [-0.1, -0.05) is 19.1 Å². The molecule has 9 nitrogen and oxygen atoms in total. The molecule has 0 radical (unpaired) electrons. The van der Waals surface area contributed by atoms with Crippen molar-refractivity contribution >= 4 is 21.5 Å². The van der Waals surface area contributed by atoms with Gasteiger partial charge in [-0.05, 0) is 49.5 Å². The molecule has 10 heteroatoms. The Morgan fingerprint density at radius 2 is 2.14 bits per heavy atom. The minimum atomic E-state index is -3.91. The van der Waals surface area contributed by atoms with Crippen LogP contribution in [0.4, 0.5) is 0 Å². The number of carbonyl (C=O) groups excluding carboxylic acids is 1. The van der Waals surface area contributed by atoms with E-state index in [0.29, 0.717) is 0 Å². The minimum absolute atomic E-state index is 0.0694. The molecule has 2 heterocycles. The molecule has 188 valence electrons. The number of allylic oxidation sites excluding steroid dienone is 2. The van der Waals surface area contributed by atoms with Crippen LogP contribution in [-0.2, 0) is 10.0 Å². The van der Waals surface area contributed by atoms with Gasteiger partial charge in [-0.2, -0.15) is 4.31 Å².